The van der Waals surface area contributed by atoms with Crippen molar-refractivity contribution >= 4 is 47.9 Å². The highest BCUT2D eigenvalue weighted by Crippen LogP contribution is 2.30. The molecule has 0 saturated heterocycles. The normalized spacial score (nSPS) is 12.6. The lowest BCUT2D eigenvalue weighted by Gasteiger charge is -2.30. The summed E-state index contributed by atoms with van der Waals surface area (Å²) in [5.41, 5.74) is 19.5. The summed E-state index contributed by atoms with van der Waals surface area (Å²) in [6.07, 6.45) is 7.36. The molecule has 0 saturated carbocycles. The number of nitrogens with two attached hydrogens (primary N) is 3. The number of benzene rings is 2. The van der Waals surface area contributed by atoms with Crippen molar-refractivity contribution in [3.8, 4) is 5.75 Å². The van der Waals surface area contributed by atoms with Gasteiger partial charge in [0.2, 0.25) is 11.8 Å². The third-order valence-corrected chi connectivity index (χ3v) is 10.8. The van der Waals surface area contributed by atoms with Gasteiger partial charge in [-0.25, -0.2) is 14.6 Å². The van der Waals surface area contributed by atoms with Gasteiger partial charge in [0.25, 0.3) is 0 Å². The van der Waals surface area contributed by atoms with Gasteiger partial charge in [-0.3, -0.25) is 9.59 Å². The maximum absolute atomic E-state index is 12.6. The summed E-state index contributed by atoms with van der Waals surface area (Å²) in [5, 5.41) is 15.9. The van der Waals surface area contributed by atoms with E-state index in [1.807, 2.05) is 46.9 Å². The first-order valence-electron chi connectivity index (χ1n) is 23.7. The van der Waals surface area contributed by atoms with Crippen LogP contribution < -0.4 is 59.1 Å². The van der Waals surface area contributed by atoms with Crippen LogP contribution in [0.25, 0.3) is 12.4 Å². The minimum absolute atomic E-state index is 0.0376. The summed E-state index contributed by atoms with van der Waals surface area (Å²) in [5.74, 6) is 1.32. The second-order valence-corrected chi connectivity index (χ2v) is 18.7. The molecule has 1 atom stereocenters. The van der Waals surface area contributed by atoms with Crippen molar-refractivity contribution in [1.29, 1.82) is 0 Å². The number of hydrogen-bond donors (Lipinski definition) is 8. The molecule has 5 amide bonds. The lowest BCUT2D eigenvalue weighted by molar-refractivity contribution is -0.125. The van der Waals surface area contributed by atoms with Crippen molar-refractivity contribution in [1.82, 2.24) is 25.8 Å². The molecular weight excluding hydrogens is 865 g/mol. The Bertz CT molecular complexity index is 2180. The van der Waals surface area contributed by atoms with Gasteiger partial charge in [0.1, 0.15) is 18.2 Å². The van der Waals surface area contributed by atoms with Crippen molar-refractivity contribution in [3.63, 3.8) is 0 Å². The first kappa shape index (κ1) is 58.1. The molecular formula is C51H82N10O7. The number of unbranched alkanes of at least 4 members (excludes halogenated alkanes) is 2. The Morgan fingerprint density at radius 3 is 2.16 bits per heavy atom. The van der Waals surface area contributed by atoms with Crippen LogP contribution in [0.1, 0.15) is 118 Å². The van der Waals surface area contributed by atoms with E-state index in [4.69, 9.17) is 36.4 Å². The van der Waals surface area contributed by atoms with Crippen LogP contribution in [0.5, 0.6) is 5.75 Å². The number of amides is 5. The average molecular weight is 947 g/mol. The summed E-state index contributed by atoms with van der Waals surface area (Å²) >= 11 is 0. The lowest BCUT2D eigenvalue weighted by Crippen LogP contribution is -2.46. The van der Waals surface area contributed by atoms with Gasteiger partial charge >= 0.3 is 12.1 Å². The number of ether oxygens (including phenoxy) is 3. The first-order chi connectivity index (χ1) is 32.2. The smallest absolute Gasteiger partial charge is 0.407 e. The molecule has 378 valence electrons. The molecule has 1 unspecified atom stereocenters. The third-order valence-electron chi connectivity index (χ3n) is 10.8. The molecule has 0 fully saturated rings. The van der Waals surface area contributed by atoms with Crippen molar-refractivity contribution in [3.05, 3.63) is 82.0 Å². The Balaban J connectivity index is 0.00000209. The van der Waals surface area contributed by atoms with Gasteiger partial charge in [0.05, 0.1) is 44.8 Å². The highest BCUT2D eigenvalue weighted by molar-refractivity contribution is 5.95. The van der Waals surface area contributed by atoms with Crippen LogP contribution in [-0.2, 0) is 37.6 Å². The molecule has 3 rings (SSSR count). The van der Waals surface area contributed by atoms with Crippen LogP contribution in [-0.4, -0.2) is 86.9 Å². The van der Waals surface area contributed by atoms with Crippen molar-refractivity contribution in [2.45, 2.75) is 125 Å². The van der Waals surface area contributed by atoms with E-state index >= 15 is 0 Å². The number of urea groups is 1. The van der Waals surface area contributed by atoms with E-state index in [1.54, 1.807) is 31.4 Å². The second-order valence-electron chi connectivity index (χ2n) is 18.7. The van der Waals surface area contributed by atoms with Crippen molar-refractivity contribution in [2.24, 2.45) is 33.5 Å². The Morgan fingerprint density at radius 1 is 0.853 bits per heavy atom. The number of hydrogen-bond acceptors (Lipinski definition) is 10. The zero-order chi connectivity index (χ0) is 50.9. The van der Waals surface area contributed by atoms with Crippen LogP contribution in [0.4, 0.5) is 15.3 Å². The Labute approximate surface area is 404 Å². The topological polar surface area (TPSA) is 251 Å². The van der Waals surface area contributed by atoms with E-state index < -0.39 is 18.2 Å². The fourth-order valence-corrected chi connectivity index (χ4v) is 6.58. The molecule has 17 nitrogen and oxygen atoms in total. The fourth-order valence-electron chi connectivity index (χ4n) is 6.58. The largest absolute Gasteiger partial charge is 0.496 e. The number of carbonyl (C=O) groups excluding carboxylic acids is 4. The van der Waals surface area contributed by atoms with Gasteiger partial charge in [0, 0.05) is 54.3 Å². The molecule has 0 spiro atoms. The number of primary amides is 1. The molecule has 3 aromatic rings. The Kier molecular flexibility index (Phi) is 25.3. The number of anilines is 1. The second kappa shape index (κ2) is 29.6. The quantitative estimate of drug-likeness (QED) is 0.0278. The maximum atomic E-state index is 12.6. The van der Waals surface area contributed by atoms with Crippen molar-refractivity contribution < 1.29 is 33.4 Å². The van der Waals surface area contributed by atoms with Crippen LogP contribution in [0.15, 0.2) is 59.7 Å². The minimum Gasteiger partial charge on any atom is -0.496 e. The van der Waals surface area contributed by atoms with Crippen LogP contribution in [0.3, 0.4) is 0 Å². The van der Waals surface area contributed by atoms with E-state index in [0.29, 0.717) is 44.4 Å². The predicted molar refractivity (Wildman–Crippen MR) is 273 cm³/mol. The molecule has 0 aliphatic heterocycles. The van der Waals surface area contributed by atoms with Gasteiger partial charge in [0.15, 0.2) is 5.82 Å². The number of amidine groups is 1. The van der Waals surface area contributed by atoms with E-state index in [-0.39, 0.29) is 41.7 Å². The summed E-state index contributed by atoms with van der Waals surface area (Å²) in [6.45, 7) is 25.7. The number of carbonyl (C=O) groups is 4. The molecule has 0 radical (unpaired) electrons. The number of aromatic nitrogens is 1. The molecule has 2 aromatic carbocycles. The minimum atomic E-state index is -0.680. The summed E-state index contributed by atoms with van der Waals surface area (Å²) in [7, 11) is 1.69. The number of rotatable bonds is 27. The van der Waals surface area contributed by atoms with Gasteiger partial charge in [-0.15, -0.1) is 0 Å². The highest BCUT2D eigenvalue weighted by atomic mass is 16.5. The molecule has 17 heteroatoms. The number of nitrogens with one attached hydrogen (secondary N) is 5. The van der Waals surface area contributed by atoms with E-state index in [0.717, 1.165) is 83.9 Å². The first-order valence-corrected chi connectivity index (χ1v) is 23.7. The zero-order valence-corrected chi connectivity index (χ0v) is 42.4. The lowest BCUT2D eigenvalue weighted by atomic mass is 9.84. The SMILES string of the molecule is C=c1ccn(Cc2ccc(C(C)(C)COCC(C)(C)CNC(=O)OCc3ccc(NC(=O)CNC(=O)C(N)C(C)C)cc3)cc2OC)/c1=C(/N=C(/N)CCC)NCCCCC.CCCNC(N)=O. The van der Waals surface area contributed by atoms with E-state index in [1.165, 1.54) is 0 Å². The van der Waals surface area contributed by atoms with Gasteiger partial charge in [-0.1, -0.05) is 106 Å². The Hall–Kier alpha value is -6.07. The van der Waals surface area contributed by atoms with Gasteiger partial charge in [-0.05, 0) is 65.8 Å². The average Bonchev–Trinajstić information content (AvgIpc) is 3.66. The predicted octanol–water partition coefficient (Wildman–Crippen LogP) is 5.31. The number of nitrogens with zero attached hydrogens (tertiary/aromatic N) is 2. The molecule has 1 heterocycles. The number of alkyl carbamates (subject to hydrolysis) is 1. The summed E-state index contributed by atoms with van der Waals surface area (Å²) in [4.78, 5) is 51.5. The van der Waals surface area contributed by atoms with Gasteiger partial charge < -0.3 is 62.6 Å². The molecule has 68 heavy (non-hydrogen) atoms. The molecule has 11 N–H and O–H groups in total. The Morgan fingerprint density at radius 2 is 1.56 bits per heavy atom. The van der Waals surface area contributed by atoms with Crippen LogP contribution in [0, 0.1) is 11.3 Å². The van der Waals surface area contributed by atoms with Crippen molar-refractivity contribution in [2.75, 3.05) is 51.8 Å². The third kappa shape index (κ3) is 21.3. The standard InChI is InChI=1S/C47H72N8O6.C4H10N2O/c1-11-13-14-23-50-43(54-39(48)15-12-2)42-33(5)22-24-55(42)27-35-18-19-36(25-38(35)59-10)47(8,9)31-60-30-46(6,7)29-52-45(58)61-28-34-16-20-37(21-17-34)53-40(56)26-51-44(57)41(49)32(3)4;1-2-3-6-4(5)7/h16-22,24-25,32,41,50H,5,11-15,23,26-31,49H2,1-4,6-10H3,(H2,48,54)(H,51,57)(H,52,58)(H,53,56);2-3H2,1H3,(H3,5,6,7)/b43-42+;. The summed E-state index contributed by atoms with van der Waals surface area (Å²) in [6, 6.07) is 14.1. The van der Waals surface area contributed by atoms with E-state index in [9.17, 15) is 19.2 Å². The fraction of sp³-hybridized carbons (Fsp3) is 0.549. The monoisotopic (exact) mass is 947 g/mol. The number of methoxy groups -OCH3 is 1. The maximum Gasteiger partial charge on any atom is 0.407 e. The molecule has 1 aromatic heterocycles. The van der Waals surface area contributed by atoms with Crippen LogP contribution >= 0.6 is 0 Å². The summed E-state index contributed by atoms with van der Waals surface area (Å²) < 4.78 is 19.8. The molecule has 0 aliphatic carbocycles. The zero-order valence-electron chi connectivity index (χ0n) is 42.4. The van der Waals surface area contributed by atoms with Crippen LogP contribution in [0.2, 0.25) is 0 Å². The van der Waals surface area contributed by atoms with Gasteiger partial charge in [-0.2, -0.15) is 0 Å². The number of aliphatic imine (C=N–C) groups is 1. The molecule has 0 bridgehead atoms. The van der Waals surface area contributed by atoms with E-state index in [2.05, 4.69) is 83.6 Å². The molecule has 0 aliphatic rings. The highest BCUT2D eigenvalue weighted by Gasteiger charge is 2.26.